The van der Waals surface area contributed by atoms with Gasteiger partial charge in [-0.15, -0.1) is 0 Å². The normalized spacial score (nSPS) is 21.0. The highest BCUT2D eigenvalue weighted by atomic mass is 16.5. The first-order valence-corrected chi connectivity index (χ1v) is 7.70. The summed E-state index contributed by atoms with van der Waals surface area (Å²) in [6.07, 6.45) is 4.50. The Labute approximate surface area is 131 Å². The van der Waals surface area contributed by atoms with E-state index in [9.17, 15) is 9.59 Å². The number of hydrogen-bond acceptors (Lipinski definition) is 4. The second-order valence-electron chi connectivity index (χ2n) is 5.74. The van der Waals surface area contributed by atoms with E-state index >= 15 is 0 Å². The third-order valence-corrected chi connectivity index (χ3v) is 4.12. The molecular weight excluding hydrogens is 282 g/mol. The molecule has 0 radical (unpaired) electrons. The van der Waals surface area contributed by atoms with Crippen LogP contribution in [0, 0.1) is 5.92 Å². The SMILES string of the molecule is COc1ccc(C(=O)OCC(=O)N[C@H]2CCCC[C@H]2C)cc1. The molecule has 22 heavy (non-hydrogen) atoms. The van der Waals surface area contributed by atoms with Crippen LogP contribution in [-0.4, -0.2) is 31.6 Å². The zero-order valence-corrected chi connectivity index (χ0v) is 13.1. The van der Waals surface area contributed by atoms with Crippen LogP contribution in [0.15, 0.2) is 24.3 Å². The van der Waals surface area contributed by atoms with Gasteiger partial charge in [0.1, 0.15) is 5.75 Å². The van der Waals surface area contributed by atoms with Crippen molar-refractivity contribution in [1.29, 1.82) is 0 Å². The average Bonchev–Trinajstić information content (AvgIpc) is 2.55. The third-order valence-electron chi connectivity index (χ3n) is 4.12. The lowest BCUT2D eigenvalue weighted by Gasteiger charge is -2.29. The molecule has 2 atom stereocenters. The van der Waals surface area contributed by atoms with Gasteiger partial charge < -0.3 is 14.8 Å². The largest absolute Gasteiger partial charge is 0.497 e. The van der Waals surface area contributed by atoms with Crippen LogP contribution in [0.1, 0.15) is 43.0 Å². The van der Waals surface area contributed by atoms with Crippen molar-refractivity contribution in [1.82, 2.24) is 5.32 Å². The molecule has 1 N–H and O–H groups in total. The zero-order chi connectivity index (χ0) is 15.9. The predicted molar refractivity (Wildman–Crippen MR) is 82.8 cm³/mol. The lowest BCUT2D eigenvalue weighted by atomic mass is 9.86. The Morgan fingerprint density at radius 3 is 2.50 bits per heavy atom. The van der Waals surface area contributed by atoms with E-state index in [1.165, 1.54) is 6.42 Å². The first-order valence-electron chi connectivity index (χ1n) is 7.70. The number of carbonyl (C=O) groups excluding carboxylic acids is 2. The molecule has 5 heteroatoms. The van der Waals surface area contributed by atoms with Gasteiger partial charge in [-0.25, -0.2) is 4.79 Å². The fourth-order valence-corrected chi connectivity index (χ4v) is 2.72. The van der Waals surface area contributed by atoms with Gasteiger partial charge in [0.2, 0.25) is 0 Å². The van der Waals surface area contributed by atoms with Gasteiger partial charge in [-0.05, 0) is 43.0 Å². The number of amides is 1. The van der Waals surface area contributed by atoms with Crippen molar-refractivity contribution in [3.8, 4) is 5.75 Å². The molecule has 0 aromatic heterocycles. The third kappa shape index (κ3) is 4.48. The average molecular weight is 305 g/mol. The van der Waals surface area contributed by atoms with E-state index in [4.69, 9.17) is 9.47 Å². The highest BCUT2D eigenvalue weighted by Gasteiger charge is 2.23. The van der Waals surface area contributed by atoms with E-state index in [-0.39, 0.29) is 18.6 Å². The lowest BCUT2D eigenvalue weighted by Crippen LogP contribution is -2.42. The Bertz CT molecular complexity index is 512. The van der Waals surface area contributed by atoms with Crippen molar-refractivity contribution in [3.05, 3.63) is 29.8 Å². The van der Waals surface area contributed by atoms with Gasteiger partial charge in [0.15, 0.2) is 6.61 Å². The maximum Gasteiger partial charge on any atom is 0.338 e. The minimum atomic E-state index is -0.505. The van der Waals surface area contributed by atoms with E-state index in [1.54, 1.807) is 31.4 Å². The topological polar surface area (TPSA) is 64.6 Å². The van der Waals surface area contributed by atoms with Crippen molar-refractivity contribution in [2.45, 2.75) is 38.6 Å². The summed E-state index contributed by atoms with van der Waals surface area (Å²) < 4.78 is 10.1. The molecule has 0 unspecified atom stereocenters. The number of rotatable bonds is 5. The lowest BCUT2D eigenvalue weighted by molar-refractivity contribution is -0.125. The van der Waals surface area contributed by atoms with Crippen molar-refractivity contribution >= 4 is 11.9 Å². The number of ether oxygens (including phenoxy) is 2. The molecule has 0 bridgehead atoms. The van der Waals surface area contributed by atoms with E-state index in [0.29, 0.717) is 17.2 Å². The van der Waals surface area contributed by atoms with Gasteiger partial charge in [-0.2, -0.15) is 0 Å². The smallest absolute Gasteiger partial charge is 0.338 e. The Balaban J connectivity index is 1.78. The number of benzene rings is 1. The highest BCUT2D eigenvalue weighted by Crippen LogP contribution is 2.23. The molecule has 1 aliphatic carbocycles. The van der Waals surface area contributed by atoms with Crippen molar-refractivity contribution < 1.29 is 19.1 Å². The predicted octanol–water partition coefficient (Wildman–Crippen LogP) is 2.55. The molecule has 5 nitrogen and oxygen atoms in total. The molecule has 0 heterocycles. The van der Waals surface area contributed by atoms with Gasteiger partial charge >= 0.3 is 5.97 Å². The van der Waals surface area contributed by atoms with E-state index in [2.05, 4.69) is 12.2 Å². The van der Waals surface area contributed by atoms with Crippen LogP contribution in [0.25, 0.3) is 0 Å². The van der Waals surface area contributed by atoms with Crippen LogP contribution in [0.4, 0.5) is 0 Å². The molecular formula is C17H23NO4. The van der Waals surface area contributed by atoms with E-state index in [0.717, 1.165) is 19.3 Å². The van der Waals surface area contributed by atoms with Gasteiger partial charge in [0.05, 0.1) is 12.7 Å². The fraction of sp³-hybridized carbons (Fsp3) is 0.529. The molecule has 0 saturated heterocycles. The van der Waals surface area contributed by atoms with Crippen LogP contribution in [0.5, 0.6) is 5.75 Å². The Morgan fingerprint density at radius 1 is 1.18 bits per heavy atom. The number of nitrogens with one attached hydrogen (secondary N) is 1. The second kappa shape index (κ2) is 7.82. The van der Waals surface area contributed by atoms with Crippen LogP contribution in [0.3, 0.4) is 0 Å². The zero-order valence-electron chi connectivity index (χ0n) is 13.1. The molecule has 1 aliphatic rings. The first kappa shape index (κ1) is 16.3. The van der Waals surface area contributed by atoms with Crippen molar-refractivity contribution in [2.75, 3.05) is 13.7 Å². The molecule has 2 rings (SSSR count). The van der Waals surface area contributed by atoms with Crippen LogP contribution in [-0.2, 0) is 9.53 Å². The summed E-state index contributed by atoms with van der Waals surface area (Å²) in [7, 11) is 1.56. The Hall–Kier alpha value is -2.04. The summed E-state index contributed by atoms with van der Waals surface area (Å²) in [5, 5.41) is 2.96. The summed E-state index contributed by atoms with van der Waals surface area (Å²) in [5.74, 6) is 0.408. The number of hydrogen-bond donors (Lipinski definition) is 1. The summed E-state index contributed by atoms with van der Waals surface area (Å²) in [5.41, 5.74) is 0.402. The summed E-state index contributed by atoms with van der Waals surface area (Å²) in [6.45, 7) is 1.90. The number of methoxy groups -OCH3 is 1. The van der Waals surface area contributed by atoms with Crippen molar-refractivity contribution in [2.24, 2.45) is 5.92 Å². The molecule has 1 aromatic rings. The monoisotopic (exact) mass is 305 g/mol. The highest BCUT2D eigenvalue weighted by molar-refractivity contribution is 5.91. The summed E-state index contributed by atoms with van der Waals surface area (Å²) in [6, 6.07) is 6.78. The fourth-order valence-electron chi connectivity index (χ4n) is 2.72. The molecule has 120 valence electrons. The van der Waals surface area contributed by atoms with Gasteiger partial charge in [0.25, 0.3) is 5.91 Å². The van der Waals surface area contributed by atoms with Crippen molar-refractivity contribution in [3.63, 3.8) is 0 Å². The van der Waals surface area contributed by atoms with E-state index < -0.39 is 5.97 Å². The molecule has 0 aliphatic heterocycles. The second-order valence-corrected chi connectivity index (χ2v) is 5.74. The Morgan fingerprint density at radius 2 is 1.86 bits per heavy atom. The molecule has 1 aromatic carbocycles. The number of esters is 1. The first-order chi connectivity index (χ1) is 10.6. The van der Waals surface area contributed by atoms with Crippen LogP contribution < -0.4 is 10.1 Å². The van der Waals surface area contributed by atoms with Gasteiger partial charge in [0, 0.05) is 6.04 Å². The maximum absolute atomic E-state index is 11.9. The molecule has 0 spiro atoms. The Kier molecular flexibility index (Phi) is 5.81. The molecule has 1 amide bonds. The standard InChI is InChI=1S/C17H23NO4/c1-12-5-3-4-6-15(12)18-16(19)11-22-17(20)13-7-9-14(21-2)10-8-13/h7-10,12,15H,3-6,11H2,1-2H3,(H,18,19)/t12-,15+/m1/s1. The van der Waals surface area contributed by atoms with Gasteiger partial charge in [-0.3, -0.25) is 4.79 Å². The van der Waals surface area contributed by atoms with E-state index in [1.807, 2.05) is 0 Å². The summed E-state index contributed by atoms with van der Waals surface area (Å²) in [4.78, 5) is 23.7. The summed E-state index contributed by atoms with van der Waals surface area (Å²) >= 11 is 0. The molecule has 1 saturated carbocycles. The van der Waals surface area contributed by atoms with Gasteiger partial charge in [-0.1, -0.05) is 19.8 Å². The van der Waals surface area contributed by atoms with Crippen LogP contribution in [0.2, 0.25) is 0 Å². The maximum atomic E-state index is 11.9. The van der Waals surface area contributed by atoms with Crippen LogP contribution >= 0.6 is 0 Å². The minimum Gasteiger partial charge on any atom is -0.497 e. The minimum absolute atomic E-state index is 0.195. The quantitative estimate of drug-likeness (QED) is 0.849. The molecule has 1 fully saturated rings. The number of carbonyl (C=O) groups is 2.